The Labute approximate surface area is 62.0 Å². The first-order chi connectivity index (χ1) is 4.84. The van der Waals surface area contributed by atoms with E-state index in [0.717, 1.165) is 19.6 Å². The molecule has 1 heterocycles. The summed E-state index contributed by atoms with van der Waals surface area (Å²) in [6.45, 7) is 5.44. The minimum Gasteiger partial charge on any atom is -0.395 e. The van der Waals surface area contributed by atoms with Crippen LogP contribution < -0.4 is 5.32 Å². The Hall–Kier alpha value is -0.120. The Morgan fingerprint density at radius 3 is 3.10 bits per heavy atom. The van der Waals surface area contributed by atoms with E-state index in [0.29, 0.717) is 6.17 Å². The largest absolute Gasteiger partial charge is 0.395 e. The number of aliphatic hydroxyl groups excluding tert-OH is 1. The molecule has 1 aliphatic rings. The summed E-state index contributed by atoms with van der Waals surface area (Å²) >= 11 is 0. The first kappa shape index (κ1) is 7.98. The molecule has 3 heteroatoms. The lowest BCUT2D eigenvalue weighted by Gasteiger charge is -2.33. The van der Waals surface area contributed by atoms with Gasteiger partial charge in [-0.25, -0.2) is 0 Å². The summed E-state index contributed by atoms with van der Waals surface area (Å²) in [4.78, 5) is 2.25. The average molecular weight is 144 g/mol. The molecule has 0 radical (unpaired) electrons. The highest BCUT2D eigenvalue weighted by Gasteiger charge is 2.15. The van der Waals surface area contributed by atoms with Crippen molar-refractivity contribution in [1.29, 1.82) is 0 Å². The van der Waals surface area contributed by atoms with Crippen LogP contribution >= 0.6 is 0 Å². The minimum absolute atomic E-state index is 0.270. The Morgan fingerprint density at radius 1 is 1.70 bits per heavy atom. The molecule has 0 unspecified atom stereocenters. The Balaban J connectivity index is 2.25. The third kappa shape index (κ3) is 1.94. The smallest absolute Gasteiger partial charge is 0.0568 e. The van der Waals surface area contributed by atoms with Gasteiger partial charge in [0.25, 0.3) is 0 Å². The molecule has 0 bridgehead atoms. The van der Waals surface area contributed by atoms with Crippen LogP contribution in [0.1, 0.15) is 13.3 Å². The molecule has 10 heavy (non-hydrogen) atoms. The third-order valence-corrected chi connectivity index (χ3v) is 2.00. The fourth-order valence-corrected chi connectivity index (χ4v) is 1.35. The number of hydrogen-bond acceptors (Lipinski definition) is 3. The van der Waals surface area contributed by atoms with Crippen LogP contribution in [0.2, 0.25) is 0 Å². The van der Waals surface area contributed by atoms with Crippen molar-refractivity contribution in [2.24, 2.45) is 0 Å². The molecule has 0 aromatic rings. The van der Waals surface area contributed by atoms with Gasteiger partial charge in [0, 0.05) is 13.1 Å². The molecule has 60 valence electrons. The first-order valence-corrected chi connectivity index (χ1v) is 3.93. The van der Waals surface area contributed by atoms with Crippen molar-refractivity contribution in [3.05, 3.63) is 0 Å². The van der Waals surface area contributed by atoms with Gasteiger partial charge in [-0.2, -0.15) is 0 Å². The van der Waals surface area contributed by atoms with Gasteiger partial charge in [-0.15, -0.1) is 0 Å². The first-order valence-electron chi connectivity index (χ1n) is 3.93. The molecule has 0 amide bonds. The van der Waals surface area contributed by atoms with Gasteiger partial charge >= 0.3 is 0 Å². The summed E-state index contributed by atoms with van der Waals surface area (Å²) in [5.41, 5.74) is 0. The molecule has 2 N–H and O–H groups in total. The summed E-state index contributed by atoms with van der Waals surface area (Å²) in [5, 5.41) is 12.0. The van der Waals surface area contributed by atoms with Crippen LogP contribution in [0.3, 0.4) is 0 Å². The fraction of sp³-hybridized carbons (Fsp3) is 1.00. The monoisotopic (exact) mass is 144 g/mol. The van der Waals surface area contributed by atoms with E-state index >= 15 is 0 Å². The second-order valence-electron chi connectivity index (χ2n) is 2.74. The molecule has 1 saturated heterocycles. The molecule has 0 saturated carbocycles. The van der Waals surface area contributed by atoms with Crippen LogP contribution in [0.25, 0.3) is 0 Å². The van der Waals surface area contributed by atoms with Crippen LogP contribution in [-0.2, 0) is 0 Å². The van der Waals surface area contributed by atoms with Gasteiger partial charge in [-0.1, -0.05) is 0 Å². The topological polar surface area (TPSA) is 35.5 Å². The molecule has 3 nitrogen and oxygen atoms in total. The van der Waals surface area contributed by atoms with Crippen molar-refractivity contribution in [3.8, 4) is 0 Å². The highest BCUT2D eigenvalue weighted by atomic mass is 16.3. The zero-order chi connectivity index (χ0) is 7.40. The molecule has 0 aromatic heterocycles. The molecular weight excluding hydrogens is 128 g/mol. The summed E-state index contributed by atoms with van der Waals surface area (Å²) in [6.07, 6.45) is 1.64. The van der Waals surface area contributed by atoms with Crippen molar-refractivity contribution in [1.82, 2.24) is 10.2 Å². The molecular formula is C7H16N2O. The number of aliphatic hydroxyl groups is 1. The molecule has 0 aliphatic carbocycles. The van der Waals surface area contributed by atoms with E-state index in [-0.39, 0.29) is 6.61 Å². The summed E-state index contributed by atoms with van der Waals surface area (Å²) in [7, 11) is 0. The fourth-order valence-electron chi connectivity index (χ4n) is 1.35. The summed E-state index contributed by atoms with van der Waals surface area (Å²) in [5.74, 6) is 0. The van der Waals surface area contributed by atoms with Gasteiger partial charge in [0.1, 0.15) is 0 Å². The van der Waals surface area contributed by atoms with E-state index in [2.05, 4.69) is 17.1 Å². The zero-order valence-electron chi connectivity index (χ0n) is 6.51. The number of nitrogens with zero attached hydrogens (tertiary/aromatic N) is 1. The van der Waals surface area contributed by atoms with Crippen molar-refractivity contribution >= 4 is 0 Å². The molecule has 1 rings (SSSR count). The van der Waals surface area contributed by atoms with Crippen LogP contribution in [0.4, 0.5) is 0 Å². The van der Waals surface area contributed by atoms with Crippen LogP contribution in [0.15, 0.2) is 0 Å². The second-order valence-corrected chi connectivity index (χ2v) is 2.74. The van der Waals surface area contributed by atoms with E-state index in [1.807, 2.05) is 0 Å². The highest BCUT2D eigenvalue weighted by molar-refractivity contribution is 4.70. The number of β-amino-alcohol motifs (C(OH)–C–C–N with tert-alkyl or cyclic N) is 1. The van der Waals surface area contributed by atoms with Crippen LogP contribution in [-0.4, -0.2) is 42.4 Å². The number of nitrogens with one attached hydrogen (secondary N) is 1. The Bertz CT molecular complexity index is 95.6. The predicted molar refractivity (Wildman–Crippen MR) is 40.7 cm³/mol. The predicted octanol–water partition coefficient (Wildman–Crippen LogP) is -0.380. The van der Waals surface area contributed by atoms with Gasteiger partial charge < -0.3 is 10.4 Å². The standard InChI is InChI=1S/C7H16N2O/c1-7-8-3-2-4-9(7)5-6-10/h7-8,10H,2-6H2,1H3/t7-/m0/s1. The van der Waals surface area contributed by atoms with Crippen molar-refractivity contribution < 1.29 is 5.11 Å². The normalized spacial score (nSPS) is 28.8. The van der Waals surface area contributed by atoms with Crippen molar-refractivity contribution in [2.75, 3.05) is 26.2 Å². The second kappa shape index (κ2) is 3.91. The third-order valence-electron chi connectivity index (χ3n) is 2.00. The maximum atomic E-state index is 8.67. The van der Waals surface area contributed by atoms with E-state index in [4.69, 9.17) is 5.11 Å². The quantitative estimate of drug-likeness (QED) is 0.554. The lowest BCUT2D eigenvalue weighted by atomic mass is 10.2. The average Bonchev–Trinajstić information content (AvgIpc) is 1.94. The zero-order valence-corrected chi connectivity index (χ0v) is 6.51. The van der Waals surface area contributed by atoms with Gasteiger partial charge in [-0.3, -0.25) is 4.90 Å². The molecule has 1 fully saturated rings. The van der Waals surface area contributed by atoms with Gasteiger partial charge in [0.05, 0.1) is 12.8 Å². The van der Waals surface area contributed by atoms with E-state index in [1.165, 1.54) is 6.42 Å². The number of hydrogen-bond donors (Lipinski definition) is 2. The van der Waals surface area contributed by atoms with Gasteiger partial charge in [0.2, 0.25) is 0 Å². The van der Waals surface area contributed by atoms with E-state index in [9.17, 15) is 0 Å². The summed E-state index contributed by atoms with van der Waals surface area (Å²) in [6, 6.07) is 0. The van der Waals surface area contributed by atoms with Crippen molar-refractivity contribution in [2.45, 2.75) is 19.5 Å². The maximum Gasteiger partial charge on any atom is 0.0568 e. The summed E-state index contributed by atoms with van der Waals surface area (Å²) < 4.78 is 0. The molecule has 1 aliphatic heterocycles. The number of rotatable bonds is 2. The SMILES string of the molecule is C[C@H]1NCCCN1CCO. The van der Waals surface area contributed by atoms with E-state index in [1.54, 1.807) is 0 Å². The van der Waals surface area contributed by atoms with Crippen LogP contribution in [0, 0.1) is 0 Å². The Kier molecular flexibility index (Phi) is 3.12. The van der Waals surface area contributed by atoms with Gasteiger partial charge in [-0.05, 0) is 19.9 Å². The molecule has 1 atom stereocenters. The molecule has 0 spiro atoms. The lowest BCUT2D eigenvalue weighted by molar-refractivity contribution is 0.114. The minimum atomic E-state index is 0.270. The maximum absolute atomic E-state index is 8.67. The van der Waals surface area contributed by atoms with Gasteiger partial charge in [0.15, 0.2) is 0 Å². The van der Waals surface area contributed by atoms with E-state index < -0.39 is 0 Å². The lowest BCUT2D eigenvalue weighted by Crippen LogP contribution is -2.50. The highest BCUT2D eigenvalue weighted by Crippen LogP contribution is 2.01. The van der Waals surface area contributed by atoms with Crippen LogP contribution in [0.5, 0.6) is 0 Å². The molecule has 0 aromatic carbocycles. The Morgan fingerprint density at radius 2 is 2.50 bits per heavy atom. The van der Waals surface area contributed by atoms with Crippen molar-refractivity contribution in [3.63, 3.8) is 0 Å².